The van der Waals surface area contributed by atoms with E-state index in [1.165, 1.54) is 0 Å². The average molecular weight is 757 g/mol. The topological polar surface area (TPSA) is 232 Å². The van der Waals surface area contributed by atoms with Crippen LogP contribution in [0.5, 0.6) is 0 Å². The molecule has 0 bridgehead atoms. The van der Waals surface area contributed by atoms with Crippen molar-refractivity contribution in [3.8, 4) is 22.5 Å². The summed E-state index contributed by atoms with van der Waals surface area (Å²) in [7, 11) is 0. The Balaban J connectivity index is 0.00000187. The molecule has 1 saturated carbocycles. The molecular formula is C38H48N10O7. The molecule has 2 aromatic carbocycles. The van der Waals surface area contributed by atoms with E-state index in [0.717, 1.165) is 42.6 Å². The fourth-order valence-electron chi connectivity index (χ4n) is 6.64. The highest BCUT2D eigenvalue weighted by atomic mass is 16.6. The van der Waals surface area contributed by atoms with Crippen molar-refractivity contribution in [1.29, 1.82) is 0 Å². The molecule has 4 aromatic rings. The third kappa shape index (κ3) is 11.3. The first kappa shape index (κ1) is 40.2. The summed E-state index contributed by atoms with van der Waals surface area (Å²) in [6, 6.07) is 14.0. The van der Waals surface area contributed by atoms with Crippen LogP contribution in [0.1, 0.15) is 52.0 Å². The number of nitrogens with one attached hydrogen (secondary N) is 2. The number of aromatic amines is 1. The zero-order chi connectivity index (χ0) is 39.4. The lowest BCUT2D eigenvalue weighted by Crippen LogP contribution is -2.52. The van der Waals surface area contributed by atoms with Gasteiger partial charge in [-0.25, -0.2) is 14.8 Å². The molecule has 3 heterocycles. The summed E-state index contributed by atoms with van der Waals surface area (Å²) < 4.78 is 10.8. The minimum Gasteiger partial charge on any atom is -0.483 e. The molecule has 3 amide bonds. The Morgan fingerprint density at radius 3 is 2.18 bits per heavy atom. The molecule has 0 spiro atoms. The molecule has 0 unspecified atom stereocenters. The molecule has 55 heavy (non-hydrogen) atoms. The van der Waals surface area contributed by atoms with Gasteiger partial charge in [0.25, 0.3) is 6.47 Å². The number of carboxylic acid groups (broad SMARTS) is 1. The Hall–Kier alpha value is -5.97. The molecule has 1 saturated heterocycles. The van der Waals surface area contributed by atoms with Crippen LogP contribution in [0.4, 0.5) is 16.4 Å². The van der Waals surface area contributed by atoms with Gasteiger partial charge in [-0.1, -0.05) is 24.3 Å². The van der Waals surface area contributed by atoms with Gasteiger partial charge >= 0.3 is 6.09 Å². The first-order valence-electron chi connectivity index (χ1n) is 18.2. The van der Waals surface area contributed by atoms with Crippen LogP contribution in [-0.4, -0.2) is 105 Å². The second-order valence-corrected chi connectivity index (χ2v) is 14.4. The molecule has 1 aliphatic carbocycles. The number of amides is 3. The number of ether oxygens (including phenoxy) is 2. The monoisotopic (exact) mass is 756 g/mol. The summed E-state index contributed by atoms with van der Waals surface area (Å²) in [6.45, 7) is 8.52. The summed E-state index contributed by atoms with van der Waals surface area (Å²) in [5.41, 5.74) is 9.39. The lowest BCUT2D eigenvalue weighted by Gasteiger charge is -2.36. The van der Waals surface area contributed by atoms with Crippen LogP contribution in [0, 0.1) is 11.8 Å². The number of nitrogens with two attached hydrogens (primary N) is 1. The molecule has 1 aliphatic heterocycles. The van der Waals surface area contributed by atoms with E-state index in [9.17, 15) is 14.4 Å². The van der Waals surface area contributed by atoms with Crippen molar-refractivity contribution in [2.75, 3.05) is 42.6 Å². The fourth-order valence-corrected chi connectivity index (χ4v) is 6.64. The second-order valence-electron chi connectivity index (χ2n) is 14.4. The van der Waals surface area contributed by atoms with Gasteiger partial charge in [0, 0.05) is 61.2 Å². The maximum Gasteiger partial charge on any atom is 0.407 e. The van der Waals surface area contributed by atoms with Crippen molar-refractivity contribution in [1.82, 2.24) is 35.9 Å². The van der Waals surface area contributed by atoms with Crippen LogP contribution in [0.3, 0.4) is 0 Å². The molecule has 17 heteroatoms. The minimum absolute atomic E-state index is 0.163. The first-order valence-corrected chi connectivity index (χ1v) is 18.2. The van der Waals surface area contributed by atoms with Crippen LogP contribution in [0.25, 0.3) is 22.5 Å². The Labute approximate surface area is 319 Å². The van der Waals surface area contributed by atoms with E-state index in [1.54, 1.807) is 41.6 Å². The normalized spacial score (nSPS) is 17.5. The predicted octanol–water partition coefficient (Wildman–Crippen LogP) is 3.62. The van der Waals surface area contributed by atoms with Gasteiger partial charge in [-0.2, -0.15) is 5.21 Å². The van der Waals surface area contributed by atoms with Crippen LogP contribution in [-0.2, 0) is 30.3 Å². The van der Waals surface area contributed by atoms with Crippen molar-refractivity contribution in [2.24, 2.45) is 17.6 Å². The van der Waals surface area contributed by atoms with Gasteiger partial charge < -0.3 is 30.5 Å². The predicted molar refractivity (Wildman–Crippen MR) is 203 cm³/mol. The first-order chi connectivity index (χ1) is 26.5. The number of H-pyrrole nitrogens is 1. The Morgan fingerprint density at radius 2 is 1.62 bits per heavy atom. The van der Waals surface area contributed by atoms with E-state index in [0.29, 0.717) is 55.6 Å². The molecule has 1 atom stereocenters. The Bertz CT molecular complexity index is 1840. The van der Waals surface area contributed by atoms with Crippen molar-refractivity contribution in [3.63, 3.8) is 0 Å². The third-order valence-electron chi connectivity index (χ3n) is 9.40. The van der Waals surface area contributed by atoms with E-state index >= 15 is 0 Å². The number of carbonyl (C=O) groups excluding carboxylic acids is 3. The number of aromatic nitrogens is 6. The van der Waals surface area contributed by atoms with Crippen LogP contribution in [0.2, 0.25) is 0 Å². The summed E-state index contributed by atoms with van der Waals surface area (Å²) in [4.78, 5) is 61.0. The lowest BCUT2D eigenvalue weighted by atomic mass is 9.81. The highest BCUT2D eigenvalue weighted by Gasteiger charge is 2.36. The number of morpholine rings is 1. The maximum absolute atomic E-state index is 14.4. The van der Waals surface area contributed by atoms with E-state index in [4.69, 9.17) is 25.1 Å². The average Bonchev–Trinajstić information content (AvgIpc) is 3.73. The molecule has 17 nitrogen and oxygen atoms in total. The molecule has 5 N–H and O–H groups in total. The summed E-state index contributed by atoms with van der Waals surface area (Å²) in [6.07, 6.45) is 6.10. The highest BCUT2D eigenvalue weighted by molar-refractivity contribution is 6.01. The SMILES string of the molecule is CC(C)(C)OC(=O)NCC1CCC(C(=O)N(c2ccc(-c3nn[nH]n3)cc2)[C@@H](Cc2ccc(-c3cnc(N4CCOCC4)nc3)cc2)C(N)=O)CC1.O=CO. The van der Waals surface area contributed by atoms with E-state index in [-0.39, 0.29) is 30.6 Å². The largest absolute Gasteiger partial charge is 0.483 e. The Morgan fingerprint density at radius 1 is 1.00 bits per heavy atom. The third-order valence-corrected chi connectivity index (χ3v) is 9.40. The van der Waals surface area contributed by atoms with Gasteiger partial charge in [-0.05, 0) is 93.0 Å². The van der Waals surface area contributed by atoms with Crippen molar-refractivity contribution < 1.29 is 33.8 Å². The number of anilines is 2. The van der Waals surface area contributed by atoms with Gasteiger partial charge in [0.05, 0.1) is 13.2 Å². The summed E-state index contributed by atoms with van der Waals surface area (Å²) >= 11 is 0. The number of carbonyl (C=O) groups is 4. The quantitative estimate of drug-likeness (QED) is 0.160. The van der Waals surface area contributed by atoms with E-state index in [2.05, 4.69) is 40.8 Å². The smallest absolute Gasteiger partial charge is 0.407 e. The molecular weight excluding hydrogens is 708 g/mol. The number of alkyl carbamates (subject to hydrolysis) is 1. The summed E-state index contributed by atoms with van der Waals surface area (Å²) in [5, 5.41) is 23.9. The molecule has 2 aliphatic rings. The van der Waals surface area contributed by atoms with Crippen LogP contribution < -0.4 is 20.9 Å². The zero-order valence-electron chi connectivity index (χ0n) is 31.3. The number of hydrogen-bond donors (Lipinski definition) is 4. The number of primary amides is 1. The van der Waals surface area contributed by atoms with Crippen molar-refractivity contribution in [3.05, 3.63) is 66.5 Å². The zero-order valence-corrected chi connectivity index (χ0v) is 31.3. The van der Waals surface area contributed by atoms with Crippen molar-refractivity contribution in [2.45, 2.75) is 64.5 Å². The second kappa shape index (κ2) is 18.9. The highest BCUT2D eigenvalue weighted by Crippen LogP contribution is 2.33. The lowest BCUT2D eigenvalue weighted by molar-refractivity contribution is -0.127. The Kier molecular flexibility index (Phi) is 13.8. The summed E-state index contributed by atoms with van der Waals surface area (Å²) in [5.74, 6) is 0.209. The number of hydrogen-bond acceptors (Lipinski definition) is 12. The van der Waals surface area contributed by atoms with Gasteiger partial charge in [0.1, 0.15) is 11.6 Å². The fraction of sp³-hybridized carbons (Fsp3) is 0.447. The van der Waals surface area contributed by atoms with Crippen molar-refractivity contribution >= 4 is 36.0 Å². The molecule has 2 fully saturated rings. The minimum atomic E-state index is -0.947. The maximum atomic E-state index is 14.4. The number of nitrogens with zero attached hydrogens (tertiary/aromatic N) is 7. The standard InChI is InChI=1S/C37H46N10O5.CH2O2/c1-37(2,3)52-36(50)41-21-25-6-10-28(11-7-25)34(49)47(30-14-12-27(13-15-30)33-42-44-45-43-33)31(32(38)48)20-24-4-8-26(9-5-24)29-22-39-35(40-23-29)46-16-18-51-19-17-46;2-1-3/h4-5,8-9,12-15,22-23,25,28,31H,6-7,10-11,16-21H2,1-3H3,(H2,38,48)(H,41,50)(H,42,43,44,45);1H,(H,2,3)/t25?,28?,31-;/m0./s1. The number of benzene rings is 2. The number of rotatable bonds is 11. The molecule has 292 valence electrons. The van der Waals surface area contributed by atoms with Gasteiger partial charge in [-0.3, -0.25) is 19.3 Å². The van der Waals surface area contributed by atoms with Gasteiger partial charge in [-0.15, -0.1) is 10.2 Å². The van der Waals surface area contributed by atoms with Crippen LogP contribution >= 0.6 is 0 Å². The number of tetrazole rings is 1. The van der Waals surface area contributed by atoms with Crippen LogP contribution in [0.15, 0.2) is 60.9 Å². The van der Waals surface area contributed by atoms with E-state index in [1.807, 2.05) is 45.0 Å². The van der Waals surface area contributed by atoms with E-state index < -0.39 is 23.6 Å². The van der Waals surface area contributed by atoms with Gasteiger partial charge in [0.2, 0.25) is 23.6 Å². The molecule has 0 radical (unpaired) electrons. The molecule has 6 rings (SSSR count). The molecule has 2 aromatic heterocycles. The van der Waals surface area contributed by atoms with Gasteiger partial charge in [0.15, 0.2) is 0 Å².